The Kier molecular flexibility index (Phi) is 5.21. The number of benzene rings is 2. The fourth-order valence-corrected chi connectivity index (χ4v) is 2.49. The highest BCUT2D eigenvalue weighted by Gasteiger charge is 2.30. The first-order valence-electron chi connectivity index (χ1n) is 8.10. The highest BCUT2D eigenvalue weighted by Crippen LogP contribution is 2.29. The fourth-order valence-electron chi connectivity index (χ4n) is 2.49. The molecule has 27 heavy (non-hydrogen) atoms. The van der Waals surface area contributed by atoms with Crippen molar-refractivity contribution in [1.82, 2.24) is 10.1 Å². The standard InChI is InChI=1S/C20H15F3N2O2/c1-13(10-14-6-3-2-4-7-14)18(26)19-24-17(27-25-19)12-15-8-5-9-16(11-15)20(21,22)23/h2-11H,12H2,1H3/b13-10-. The van der Waals surface area contributed by atoms with Gasteiger partial charge in [-0.25, -0.2) is 0 Å². The van der Waals surface area contributed by atoms with E-state index < -0.39 is 17.5 Å². The van der Waals surface area contributed by atoms with Gasteiger partial charge in [0.1, 0.15) is 0 Å². The van der Waals surface area contributed by atoms with Crippen LogP contribution in [0.25, 0.3) is 6.08 Å². The zero-order valence-corrected chi connectivity index (χ0v) is 14.3. The molecule has 138 valence electrons. The highest BCUT2D eigenvalue weighted by molar-refractivity contribution is 6.08. The molecule has 0 amide bonds. The lowest BCUT2D eigenvalue weighted by Gasteiger charge is -2.07. The smallest absolute Gasteiger partial charge is 0.338 e. The number of carbonyl (C=O) groups is 1. The molecule has 0 spiro atoms. The molecule has 3 rings (SSSR count). The molecule has 0 saturated heterocycles. The van der Waals surface area contributed by atoms with E-state index in [0.29, 0.717) is 11.1 Å². The number of rotatable bonds is 5. The Morgan fingerprint density at radius 2 is 1.85 bits per heavy atom. The van der Waals surface area contributed by atoms with Gasteiger partial charge in [0.15, 0.2) is 0 Å². The number of hydrogen-bond acceptors (Lipinski definition) is 4. The van der Waals surface area contributed by atoms with E-state index in [1.165, 1.54) is 12.1 Å². The quantitative estimate of drug-likeness (QED) is 0.469. The number of aromatic nitrogens is 2. The van der Waals surface area contributed by atoms with Crippen LogP contribution in [-0.4, -0.2) is 15.9 Å². The number of allylic oxidation sites excluding steroid dienone is 1. The molecule has 1 heterocycles. The molecule has 0 aliphatic rings. The van der Waals surface area contributed by atoms with Crippen LogP contribution < -0.4 is 0 Å². The third-order valence-electron chi connectivity index (χ3n) is 3.82. The number of Topliss-reactive ketones (excluding diaryl/α,β-unsaturated/α-hetero) is 1. The average molecular weight is 372 g/mol. The van der Waals surface area contributed by atoms with E-state index in [9.17, 15) is 18.0 Å². The van der Waals surface area contributed by atoms with Crippen LogP contribution in [-0.2, 0) is 12.6 Å². The maximum Gasteiger partial charge on any atom is 0.416 e. The Bertz CT molecular complexity index is 976. The zero-order chi connectivity index (χ0) is 19.4. The Morgan fingerprint density at radius 1 is 1.11 bits per heavy atom. The van der Waals surface area contributed by atoms with Crippen molar-refractivity contribution >= 4 is 11.9 Å². The molecule has 3 aromatic rings. The van der Waals surface area contributed by atoms with Crippen LogP contribution in [0.2, 0.25) is 0 Å². The summed E-state index contributed by atoms with van der Waals surface area (Å²) in [5.74, 6) is -0.454. The molecule has 0 atom stereocenters. The van der Waals surface area contributed by atoms with Gasteiger partial charge in [-0.2, -0.15) is 18.2 Å². The molecule has 0 N–H and O–H groups in total. The zero-order valence-electron chi connectivity index (χ0n) is 14.3. The second kappa shape index (κ2) is 7.57. The van der Waals surface area contributed by atoms with E-state index in [2.05, 4.69) is 10.1 Å². The molecule has 7 heteroatoms. The van der Waals surface area contributed by atoms with E-state index in [1.54, 1.807) is 13.0 Å². The van der Waals surface area contributed by atoms with Crippen molar-refractivity contribution in [2.24, 2.45) is 0 Å². The largest absolute Gasteiger partial charge is 0.416 e. The van der Waals surface area contributed by atoms with Gasteiger partial charge < -0.3 is 4.52 Å². The van der Waals surface area contributed by atoms with Gasteiger partial charge >= 0.3 is 6.18 Å². The minimum Gasteiger partial charge on any atom is -0.338 e. The summed E-state index contributed by atoms with van der Waals surface area (Å²) in [5.41, 5.74) is 0.894. The van der Waals surface area contributed by atoms with Gasteiger partial charge in [-0.15, -0.1) is 0 Å². The van der Waals surface area contributed by atoms with Crippen molar-refractivity contribution in [2.75, 3.05) is 0 Å². The lowest BCUT2D eigenvalue weighted by molar-refractivity contribution is -0.137. The second-order valence-electron chi connectivity index (χ2n) is 5.95. The summed E-state index contributed by atoms with van der Waals surface area (Å²) >= 11 is 0. The third kappa shape index (κ3) is 4.69. The van der Waals surface area contributed by atoms with Crippen molar-refractivity contribution in [3.05, 3.63) is 88.6 Å². The summed E-state index contributed by atoms with van der Waals surface area (Å²) < 4.78 is 43.4. The molecule has 0 saturated carbocycles. The summed E-state index contributed by atoms with van der Waals surface area (Å²) in [7, 11) is 0. The average Bonchev–Trinajstić information content (AvgIpc) is 3.10. The number of halogens is 3. The summed E-state index contributed by atoms with van der Waals surface area (Å²) in [6.45, 7) is 1.64. The predicted molar refractivity (Wildman–Crippen MR) is 93.0 cm³/mol. The molecule has 1 aromatic heterocycles. The number of hydrogen-bond donors (Lipinski definition) is 0. The summed E-state index contributed by atoms with van der Waals surface area (Å²) in [4.78, 5) is 16.4. The Balaban J connectivity index is 1.75. The van der Waals surface area contributed by atoms with Gasteiger partial charge in [-0.1, -0.05) is 53.7 Å². The first-order chi connectivity index (χ1) is 12.8. The minimum absolute atomic E-state index is 0.00560. The molecule has 2 aromatic carbocycles. The van der Waals surface area contributed by atoms with E-state index in [1.807, 2.05) is 30.3 Å². The highest BCUT2D eigenvalue weighted by atomic mass is 19.4. The van der Waals surface area contributed by atoms with Gasteiger partial charge in [0, 0.05) is 5.57 Å². The molecule has 0 radical (unpaired) electrons. The maximum atomic E-state index is 12.8. The summed E-state index contributed by atoms with van der Waals surface area (Å²) in [5, 5.41) is 3.65. The van der Waals surface area contributed by atoms with Crippen LogP contribution in [0.15, 0.2) is 64.7 Å². The SMILES string of the molecule is C/C(=C/c1ccccc1)C(=O)c1noc(Cc2cccc(C(F)(F)F)c2)n1. The third-order valence-corrected chi connectivity index (χ3v) is 3.82. The first-order valence-corrected chi connectivity index (χ1v) is 8.10. The van der Waals surface area contributed by atoms with Crippen LogP contribution >= 0.6 is 0 Å². The normalized spacial score (nSPS) is 12.2. The van der Waals surface area contributed by atoms with Crippen molar-refractivity contribution in [1.29, 1.82) is 0 Å². The van der Waals surface area contributed by atoms with Gasteiger partial charge in [0.25, 0.3) is 0 Å². The Morgan fingerprint density at radius 3 is 2.56 bits per heavy atom. The van der Waals surface area contributed by atoms with Gasteiger partial charge in [0.05, 0.1) is 12.0 Å². The van der Waals surface area contributed by atoms with Crippen LogP contribution in [0.4, 0.5) is 13.2 Å². The molecule has 4 nitrogen and oxygen atoms in total. The number of carbonyl (C=O) groups excluding carboxylic acids is 1. The van der Waals surface area contributed by atoms with Gasteiger partial charge in [0.2, 0.25) is 17.5 Å². The van der Waals surface area contributed by atoms with E-state index in [4.69, 9.17) is 4.52 Å². The molecular formula is C20H15F3N2O2. The lowest BCUT2D eigenvalue weighted by Crippen LogP contribution is -2.05. The monoisotopic (exact) mass is 372 g/mol. The molecule has 0 unspecified atom stereocenters. The number of alkyl halides is 3. The van der Waals surface area contributed by atoms with Crippen LogP contribution in [0.1, 0.15) is 40.1 Å². The van der Waals surface area contributed by atoms with Crippen LogP contribution in [0, 0.1) is 0 Å². The topological polar surface area (TPSA) is 56.0 Å². The van der Waals surface area contributed by atoms with Crippen molar-refractivity contribution in [3.63, 3.8) is 0 Å². The first kappa shape index (κ1) is 18.6. The van der Waals surface area contributed by atoms with Gasteiger partial charge in [-0.05, 0) is 30.2 Å². The lowest BCUT2D eigenvalue weighted by atomic mass is 10.1. The maximum absolute atomic E-state index is 12.8. The summed E-state index contributed by atoms with van der Waals surface area (Å²) in [6.07, 6.45) is -2.72. The molecule has 0 aliphatic heterocycles. The van der Waals surface area contributed by atoms with E-state index in [-0.39, 0.29) is 18.1 Å². The van der Waals surface area contributed by atoms with Crippen molar-refractivity contribution in [2.45, 2.75) is 19.5 Å². The molecular weight excluding hydrogens is 357 g/mol. The van der Waals surface area contributed by atoms with E-state index in [0.717, 1.165) is 17.7 Å². The Labute approximate surface area is 153 Å². The predicted octanol–water partition coefficient (Wildman–Crippen LogP) is 4.97. The minimum atomic E-state index is -4.43. The number of ketones is 1. The molecule has 0 aliphatic carbocycles. The fraction of sp³-hybridized carbons (Fsp3) is 0.150. The van der Waals surface area contributed by atoms with Crippen molar-refractivity contribution < 1.29 is 22.5 Å². The van der Waals surface area contributed by atoms with Crippen LogP contribution in [0.5, 0.6) is 0 Å². The second-order valence-corrected chi connectivity index (χ2v) is 5.95. The van der Waals surface area contributed by atoms with E-state index >= 15 is 0 Å². The number of nitrogens with zero attached hydrogens (tertiary/aromatic N) is 2. The van der Waals surface area contributed by atoms with Crippen LogP contribution in [0.3, 0.4) is 0 Å². The van der Waals surface area contributed by atoms with Gasteiger partial charge in [-0.3, -0.25) is 4.79 Å². The molecule has 0 bridgehead atoms. The molecule has 0 fully saturated rings. The van der Waals surface area contributed by atoms with Crippen molar-refractivity contribution in [3.8, 4) is 0 Å². The Hall–Kier alpha value is -3.22. The summed E-state index contributed by atoms with van der Waals surface area (Å²) in [6, 6.07) is 14.1.